The Morgan fingerprint density at radius 3 is 2.78 bits per heavy atom. The van der Waals surface area contributed by atoms with Gasteiger partial charge in [0, 0.05) is 23.1 Å². The summed E-state index contributed by atoms with van der Waals surface area (Å²) in [5.41, 5.74) is 1.42. The van der Waals surface area contributed by atoms with Crippen LogP contribution < -0.4 is 5.56 Å². The molecular formula is C21H30N2O2S2. The number of fused-ring (bicyclic) bond motifs is 3. The van der Waals surface area contributed by atoms with Gasteiger partial charge in [-0.1, -0.05) is 51.8 Å². The lowest BCUT2D eigenvalue weighted by Crippen LogP contribution is -2.31. The molecule has 1 atom stereocenters. The van der Waals surface area contributed by atoms with Crippen LogP contribution in [-0.4, -0.2) is 21.4 Å². The van der Waals surface area contributed by atoms with Crippen molar-refractivity contribution in [1.29, 1.82) is 0 Å². The molecule has 4 nitrogen and oxygen atoms in total. The minimum absolute atomic E-state index is 0.201. The van der Waals surface area contributed by atoms with Crippen LogP contribution in [0.15, 0.2) is 9.95 Å². The number of aromatic nitrogens is 2. The number of hydrogen-bond acceptors (Lipinski definition) is 5. The van der Waals surface area contributed by atoms with E-state index in [-0.39, 0.29) is 11.7 Å². The quantitative estimate of drug-likeness (QED) is 0.481. The van der Waals surface area contributed by atoms with Crippen LogP contribution in [0.3, 0.4) is 0 Å². The zero-order valence-corrected chi connectivity index (χ0v) is 18.3. The second kappa shape index (κ2) is 8.26. The Kier molecular flexibility index (Phi) is 5.95. The van der Waals surface area contributed by atoms with Gasteiger partial charge in [0.1, 0.15) is 4.83 Å². The molecule has 0 aromatic carbocycles. The van der Waals surface area contributed by atoms with E-state index in [1.54, 1.807) is 23.1 Å². The molecule has 0 saturated heterocycles. The lowest BCUT2D eigenvalue weighted by molar-refractivity contribution is 0.00200. The van der Waals surface area contributed by atoms with E-state index in [1.807, 2.05) is 0 Å². The third-order valence-electron chi connectivity index (χ3n) is 5.86. The highest BCUT2D eigenvalue weighted by Gasteiger charge is 2.30. The summed E-state index contributed by atoms with van der Waals surface area (Å²) in [4.78, 5) is 20.8. The summed E-state index contributed by atoms with van der Waals surface area (Å²) in [5, 5.41) is 1.82. The first-order chi connectivity index (χ1) is 13.1. The third-order valence-corrected chi connectivity index (χ3v) is 8.12. The smallest absolute Gasteiger partial charge is 0.263 e. The summed E-state index contributed by atoms with van der Waals surface area (Å²) in [5.74, 6) is 1.47. The molecule has 0 bridgehead atoms. The molecule has 6 heteroatoms. The van der Waals surface area contributed by atoms with Crippen LogP contribution in [0.2, 0.25) is 0 Å². The van der Waals surface area contributed by atoms with Crippen molar-refractivity contribution in [2.24, 2.45) is 5.92 Å². The van der Waals surface area contributed by atoms with E-state index >= 15 is 0 Å². The zero-order valence-electron chi connectivity index (χ0n) is 16.6. The van der Waals surface area contributed by atoms with Crippen molar-refractivity contribution in [1.82, 2.24) is 9.55 Å². The molecule has 1 fully saturated rings. The molecule has 0 N–H and O–H groups in total. The molecule has 0 unspecified atom stereocenters. The molecule has 0 amide bonds. The van der Waals surface area contributed by atoms with E-state index in [4.69, 9.17) is 9.72 Å². The summed E-state index contributed by atoms with van der Waals surface area (Å²) in [6.45, 7) is 7.20. The third kappa shape index (κ3) is 3.73. The summed E-state index contributed by atoms with van der Waals surface area (Å²) in [7, 11) is 0. The van der Waals surface area contributed by atoms with E-state index in [0.29, 0.717) is 18.6 Å². The SMILES string of the molecule is CCCSc1nc2sc3c(c2c(=O)n1C1CCCCC1)C[C@@H](C(C)C)OC3. The number of thioether (sulfide) groups is 1. The van der Waals surface area contributed by atoms with Crippen LogP contribution in [0, 0.1) is 5.92 Å². The Balaban J connectivity index is 1.85. The van der Waals surface area contributed by atoms with E-state index < -0.39 is 0 Å². The molecular weight excluding hydrogens is 376 g/mol. The highest BCUT2D eigenvalue weighted by atomic mass is 32.2. The Hall–Kier alpha value is -0.850. The summed E-state index contributed by atoms with van der Waals surface area (Å²) in [6, 6.07) is 0.318. The molecule has 0 spiro atoms. The molecule has 0 radical (unpaired) electrons. The molecule has 2 aromatic heterocycles. The largest absolute Gasteiger partial charge is 0.372 e. The number of nitrogens with zero attached hydrogens (tertiary/aromatic N) is 2. The lowest BCUT2D eigenvalue weighted by atomic mass is 9.94. The van der Waals surface area contributed by atoms with Gasteiger partial charge in [0.05, 0.1) is 18.1 Å². The Bertz CT molecular complexity index is 865. The normalized spacial score (nSPS) is 21.1. The van der Waals surface area contributed by atoms with Crippen LogP contribution in [-0.2, 0) is 17.8 Å². The molecule has 148 valence electrons. The van der Waals surface area contributed by atoms with Crippen molar-refractivity contribution in [2.75, 3.05) is 5.75 Å². The molecule has 2 aliphatic rings. The number of ether oxygens (including phenoxy) is 1. The Morgan fingerprint density at radius 2 is 2.07 bits per heavy atom. The van der Waals surface area contributed by atoms with Crippen LogP contribution >= 0.6 is 23.1 Å². The van der Waals surface area contributed by atoms with Gasteiger partial charge in [0.15, 0.2) is 5.16 Å². The van der Waals surface area contributed by atoms with Crippen LogP contribution in [0.25, 0.3) is 10.2 Å². The van der Waals surface area contributed by atoms with Gasteiger partial charge in [-0.2, -0.15) is 0 Å². The van der Waals surface area contributed by atoms with Crippen LogP contribution in [0.1, 0.15) is 75.8 Å². The first-order valence-electron chi connectivity index (χ1n) is 10.4. The van der Waals surface area contributed by atoms with Gasteiger partial charge in [0.2, 0.25) is 0 Å². The van der Waals surface area contributed by atoms with Gasteiger partial charge < -0.3 is 4.74 Å². The topological polar surface area (TPSA) is 44.1 Å². The van der Waals surface area contributed by atoms with Crippen molar-refractivity contribution >= 4 is 33.3 Å². The average molecular weight is 407 g/mol. The predicted molar refractivity (Wildman–Crippen MR) is 114 cm³/mol. The molecule has 1 aliphatic heterocycles. The minimum Gasteiger partial charge on any atom is -0.372 e. The van der Waals surface area contributed by atoms with Gasteiger partial charge >= 0.3 is 0 Å². The van der Waals surface area contributed by atoms with Crippen molar-refractivity contribution < 1.29 is 4.74 Å². The first kappa shape index (κ1) is 19.5. The molecule has 3 heterocycles. The summed E-state index contributed by atoms with van der Waals surface area (Å²) in [6.07, 6.45) is 8.08. The lowest BCUT2D eigenvalue weighted by Gasteiger charge is -2.27. The fourth-order valence-electron chi connectivity index (χ4n) is 4.31. The van der Waals surface area contributed by atoms with Crippen molar-refractivity contribution in [3.05, 3.63) is 20.8 Å². The monoisotopic (exact) mass is 406 g/mol. The summed E-state index contributed by atoms with van der Waals surface area (Å²) >= 11 is 3.42. The van der Waals surface area contributed by atoms with E-state index in [2.05, 4.69) is 25.3 Å². The second-order valence-electron chi connectivity index (χ2n) is 8.19. The minimum atomic E-state index is 0.201. The molecule has 27 heavy (non-hydrogen) atoms. The molecule has 1 saturated carbocycles. The zero-order chi connectivity index (χ0) is 19.0. The number of hydrogen-bond donors (Lipinski definition) is 0. The average Bonchev–Trinajstić information content (AvgIpc) is 3.04. The van der Waals surface area contributed by atoms with Crippen molar-refractivity contribution in [3.8, 4) is 0 Å². The Morgan fingerprint density at radius 1 is 1.30 bits per heavy atom. The standard InChI is InChI=1S/C21H30N2O2S2/c1-4-10-26-21-22-19-18(20(24)23(21)14-8-6-5-7-9-14)15-11-16(13(2)3)25-12-17(15)27-19/h13-14,16H,4-12H2,1-3H3/t16-/m0/s1. The predicted octanol–water partition coefficient (Wildman–Crippen LogP) is 5.56. The molecule has 1 aliphatic carbocycles. The number of rotatable bonds is 5. The van der Waals surface area contributed by atoms with E-state index in [1.165, 1.54) is 29.7 Å². The maximum absolute atomic E-state index is 13.7. The van der Waals surface area contributed by atoms with E-state index in [9.17, 15) is 4.79 Å². The van der Waals surface area contributed by atoms with Crippen LogP contribution in [0.5, 0.6) is 0 Å². The maximum Gasteiger partial charge on any atom is 0.263 e. The fraction of sp³-hybridized carbons (Fsp3) is 0.714. The van der Waals surface area contributed by atoms with Gasteiger partial charge in [-0.05, 0) is 30.7 Å². The van der Waals surface area contributed by atoms with Gasteiger partial charge in [0.25, 0.3) is 5.56 Å². The number of thiophene rings is 1. The van der Waals surface area contributed by atoms with Crippen molar-refractivity contribution in [3.63, 3.8) is 0 Å². The van der Waals surface area contributed by atoms with E-state index in [0.717, 1.165) is 46.8 Å². The maximum atomic E-state index is 13.7. The molecule has 4 rings (SSSR count). The summed E-state index contributed by atoms with van der Waals surface area (Å²) < 4.78 is 8.11. The highest BCUT2D eigenvalue weighted by Crippen LogP contribution is 2.37. The first-order valence-corrected chi connectivity index (χ1v) is 12.2. The van der Waals surface area contributed by atoms with Crippen LogP contribution in [0.4, 0.5) is 0 Å². The van der Waals surface area contributed by atoms with Gasteiger partial charge in [-0.25, -0.2) is 4.98 Å². The van der Waals surface area contributed by atoms with Gasteiger partial charge in [-0.3, -0.25) is 9.36 Å². The second-order valence-corrected chi connectivity index (χ2v) is 10.3. The molecule has 2 aromatic rings. The highest BCUT2D eigenvalue weighted by molar-refractivity contribution is 7.99. The fourth-order valence-corrected chi connectivity index (χ4v) is 6.39. The Labute approximate surface area is 169 Å². The van der Waals surface area contributed by atoms with Gasteiger partial charge in [-0.15, -0.1) is 11.3 Å². The van der Waals surface area contributed by atoms with Crippen molar-refractivity contribution in [2.45, 2.75) is 89.6 Å².